The molecule has 0 saturated heterocycles. The molecule has 3 aromatic rings. The summed E-state index contributed by atoms with van der Waals surface area (Å²) >= 11 is 6.01. The highest BCUT2D eigenvalue weighted by Crippen LogP contribution is 2.31. The third-order valence-corrected chi connectivity index (χ3v) is 5.48. The Morgan fingerprint density at radius 2 is 1.87 bits per heavy atom. The van der Waals surface area contributed by atoms with Crippen LogP contribution in [0.25, 0.3) is 5.70 Å². The fourth-order valence-electron chi connectivity index (χ4n) is 3.63. The lowest BCUT2D eigenvalue weighted by Crippen LogP contribution is -2.34. The van der Waals surface area contributed by atoms with E-state index in [4.69, 9.17) is 11.6 Å². The van der Waals surface area contributed by atoms with Gasteiger partial charge in [-0.05, 0) is 23.8 Å². The van der Waals surface area contributed by atoms with E-state index < -0.39 is 6.04 Å². The Hall–Kier alpha value is -3.38. The van der Waals surface area contributed by atoms with E-state index in [1.165, 1.54) is 0 Å². The number of imidazole rings is 1. The summed E-state index contributed by atoms with van der Waals surface area (Å²) in [5, 5.41) is 3.66. The highest BCUT2D eigenvalue weighted by atomic mass is 35.5. The number of aromatic nitrogens is 2. The van der Waals surface area contributed by atoms with Gasteiger partial charge >= 0.3 is 0 Å². The first-order valence-electron chi connectivity index (χ1n) is 9.58. The summed E-state index contributed by atoms with van der Waals surface area (Å²) in [6, 6.07) is 14.2. The second kappa shape index (κ2) is 8.16. The molecule has 30 heavy (non-hydrogen) atoms. The molecule has 2 heterocycles. The van der Waals surface area contributed by atoms with Crippen molar-refractivity contribution in [1.29, 1.82) is 0 Å². The van der Waals surface area contributed by atoms with Crippen molar-refractivity contribution >= 4 is 29.1 Å². The van der Waals surface area contributed by atoms with Crippen LogP contribution in [-0.2, 0) is 11.8 Å². The van der Waals surface area contributed by atoms with Crippen LogP contribution in [0.1, 0.15) is 39.8 Å². The van der Waals surface area contributed by atoms with Gasteiger partial charge in [-0.15, -0.1) is 0 Å². The van der Waals surface area contributed by atoms with Crippen molar-refractivity contribution in [2.75, 3.05) is 6.54 Å². The lowest BCUT2D eigenvalue weighted by Gasteiger charge is -2.21. The molecule has 7 heteroatoms. The number of nitrogens with one attached hydrogen (secondary N) is 1. The van der Waals surface area contributed by atoms with Crippen LogP contribution in [-0.4, -0.2) is 32.8 Å². The van der Waals surface area contributed by atoms with Crippen molar-refractivity contribution in [3.8, 4) is 0 Å². The van der Waals surface area contributed by atoms with E-state index in [1.54, 1.807) is 29.3 Å². The number of nitrogens with zero attached hydrogens (tertiary/aromatic N) is 3. The Morgan fingerprint density at radius 1 is 1.17 bits per heavy atom. The molecule has 6 nitrogen and oxygen atoms in total. The Bertz CT molecular complexity index is 1090. The zero-order valence-electron chi connectivity index (χ0n) is 16.5. The maximum atomic E-state index is 12.8. The summed E-state index contributed by atoms with van der Waals surface area (Å²) in [6.45, 7) is 4.28. The molecule has 1 atom stereocenters. The van der Waals surface area contributed by atoms with Gasteiger partial charge in [-0.2, -0.15) is 0 Å². The number of amides is 2. The van der Waals surface area contributed by atoms with Crippen LogP contribution in [0.4, 0.5) is 0 Å². The molecular weight excluding hydrogens is 400 g/mol. The summed E-state index contributed by atoms with van der Waals surface area (Å²) in [4.78, 5) is 31.4. The smallest absolute Gasteiger partial charge is 0.258 e. The van der Waals surface area contributed by atoms with Crippen molar-refractivity contribution in [3.63, 3.8) is 0 Å². The molecule has 0 saturated carbocycles. The predicted octanol–water partition coefficient (Wildman–Crippen LogP) is 3.80. The van der Waals surface area contributed by atoms with Crippen LogP contribution in [0.15, 0.2) is 67.5 Å². The minimum absolute atomic E-state index is 0.123. The molecule has 0 fully saturated rings. The van der Waals surface area contributed by atoms with Crippen LogP contribution >= 0.6 is 11.6 Å². The summed E-state index contributed by atoms with van der Waals surface area (Å²) in [6.07, 6.45) is 3.66. The molecule has 1 aliphatic rings. The van der Waals surface area contributed by atoms with Gasteiger partial charge in [-0.3, -0.25) is 9.59 Å². The topological polar surface area (TPSA) is 67.2 Å². The van der Waals surface area contributed by atoms with Crippen LogP contribution in [0.2, 0.25) is 5.02 Å². The average Bonchev–Trinajstić information content (AvgIpc) is 3.27. The molecule has 0 aliphatic carbocycles. The van der Waals surface area contributed by atoms with Gasteiger partial charge in [0.1, 0.15) is 11.9 Å². The molecule has 0 bridgehead atoms. The third kappa shape index (κ3) is 3.74. The molecule has 4 rings (SSSR count). The first-order valence-corrected chi connectivity index (χ1v) is 9.95. The Morgan fingerprint density at radius 3 is 2.50 bits per heavy atom. The molecule has 1 aromatic heterocycles. The molecule has 1 aliphatic heterocycles. The second-order valence-electron chi connectivity index (χ2n) is 7.15. The van der Waals surface area contributed by atoms with Crippen molar-refractivity contribution in [2.45, 2.75) is 12.5 Å². The minimum Gasteiger partial charge on any atom is -0.342 e. The molecule has 1 unspecified atom stereocenters. The zero-order valence-corrected chi connectivity index (χ0v) is 17.3. The second-order valence-corrected chi connectivity index (χ2v) is 7.58. The van der Waals surface area contributed by atoms with Gasteiger partial charge in [0.2, 0.25) is 5.91 Å². The summed E-state index contributed by atoms with van der Waals surface area (Å²) in [5.74, 6) is 0.399. The number of aryl methyl sites for hydroxylation is 1. The van der Waals surface area contributed by atoms with E-state index in [9.17, 15) is 9.59 Å². The zero-order chi connectivity index (χ0) is 21.3. The monoisotopic (exact) mass is 420 g/mol. The number of halogens is 1. The summed E-state index contributed by atoms with van der Waals surface area (Å²) in [5.41, 5.74) is 2.93. The highest BCUT2D eigenvalue weighted by Gasteiger charge is 2.31. The normalized spacial score (nSPS) is 14.0. The minimum atomic E-state index is -0.426. The van der Waals surface area contributed by atoms with Gasteiger partial charge in [-0.25, -0.2) is 4.98 Å². The van der Waals surface area contributed by atoms with E-state index >= 15 is 0 Å². The van der Waals surface area contributed by atoms with Crippen LogP contribution in [0, 0.1) is 0 Å². The number of rotatable bonds is 6. The molecule has 1 N–H and O–H groups in total. The Balaban J connectivity index is 1.47. The first kappa shape index (κ1) is 19.9. The maximum absolute atomic E-state index is 12.8. The SMILES string of the molecule is C=C1c2ccccc2C(=O)N1CCC(=O)NC(c1ccc(Cl)cc1)c1nccn1C. The van der Waals surface area contributed by atoms with E-state index in [1.807, 2.05) is 48.1 Å². The average molecular weight is 421 g/mol. The third-order valence-electron chi connectivity index (χ3n) is 5.23. The van der Waals surface area contributed by atoms with Gasteiger partial charge in [0.15, 0.2) is 0 Å². The van der Waals surface area contributed by atoms with Crippen LogP contribution in [0.3, 0.4) is 0 Å². The fraction of sp³-hybridized carbons (Fsp3) is 0.174. The van der Waals surface area contributed by atoms with E-state index in [2.05, 4.69) is 16.9 Å². The quantitative estimate of drug-likeness (QED) is 0.659. The van der Waals surface area contributed by atoms with E-state index in [-0.39, 0.29) is 24.8 Å². The van der Waals surface area contributed by atoms with Crippen LogP contribution in [0.5, 0.6) is 0 Å². The molecule has 2 amide bonds. The number of fused-ring (bicyclic) bond motifs is 1. The highest BCUT2D eigenvalue weighted by molar-refractivity contribution is 6.30. The van der Waals surface area contributed by atoms with Gasteiger partial charge in [0.05, 0.1) is 0 Å². The Labute approximate surface area is 179 Å². The first-order chi connectivity index (χ1) is 14.5. The number of hydrogen-bond donors (Lipinski definition) is 1. The van der Waals surface area contributed by atoms with Gasteiger partial charge < -0.3 is 14.8 Å². The number of hydrogen-bond acceptors (Lipinski definition) is 3. The molecular formula is C23H21ClN4O2. The maximum Gasteiger partial charge on any atom is 0.258 e. The summed E-state index contributed by atoms with van der Waals surface area (Å²) < 4.78 is 1.86. The lowest BCUT2D eigenvalue weighted by molar-refractivity contribution is -0.121. The van der Waals surface area contributed by atoms with Crippen molar-refractivity contribution in [3.05, 3.63) is 95.0 Å². The number of benzene rings is 2. The van der Waals surface area contributed by atoms with Crippen LogP contribution < -0.4 is 5.32 Å². The van der Waals surface area contributed by atoms with Crippen molar-refractivity contribution in [2.24, 2.45) is 7.05 Å². The lowest BCUT2D eigenvalue weighted by atomic mass is 10.1. The van der Waals surface area contributed by atoms with Gasteiger partial charge in [-0.1, -0.05) is 48.5 Å². The molecule has 152 valence electrons. The largest absolute Gasteiger partial charge is 0.342 e. The molecule has 0 radical (unpaired) electrons. The summed E-state index contributed by atoms with van der Waals surface area (Å²) in [7, 11) is 1.88. The van der Waals surface area contributed by atoms with Gasteiger partial charge in [0.25, 0.3) is 5.91 Å². The standard InChI is InChI=1S/C23H21ClN4O2/c1-15-18-5-3-4-6-19(18)23(30)28(15)13-11-20(29)26-21(22-25-12-14-27(22)2)16-7-9-17(24)10-8-16/h3-10,12,14,21H,1,11,13H2,2H3,(H,26,29). The van der Waals surface area contributed by atoms with Gasteiger partial charge in [0, 0.05) is 54.3 Å². The fourth-order valence-corrected chi connectivity index (χ4v) is 3.75. The number of carbonyl (C=O) groups is 2. The van der Waals surface area contributed by atoms with E-state index in [0.29, 0.717) is 22.1 Å². The Kier molecular flexibility index (Phi) is 5.42. The number of carbonyl (C=O) groups excluding carboxylic acids is 2. The molecule has 2 aromatic carbocycles. The van der Waals surface area contributed by atoms with Crippen molar-refractivity contribution in [1.82, 2.24) is 19.8 Å². The predicted molar refractivity (Wildman–Crippen MR) is 116 cm³/mol. The molecule has 0 spiro atoms. The van der Waals surface area contributed by atoms with Crippen molar-refractivity contribution < 1.29 is 9.59 Å². The van der Waals surface area contributed by atoms with E-state index in [0.717, 1.165) is 11.1 Å².